The van der Waals surface area contributed by atoms with Crippen LogP contribution in [0.25, 0.3) is 0 Å². The molecule has 2 heteroatoms. The van der Waals surface area contributed by atoms with Crippen LogP contribution in [0.3, 0.4) is 0 Å². The van der Waals surface area contributed by atoms with Gasteiger partial charge in [-0.05, 0) is 67.9 Å². The summed E-state index contributed by atoms with van der Waals surface area (Å²) in [4.78, 5) is 14.8. The topological polar surface area (TPSA) is 26.3 Å². The van der Waals surface area contributed by atoms with Gasteiger partial charge in [0.25, 0.3) is 0 Å². The van der Waals surface area contributed by atoms with Crippen LogP contribution in [-0.4, -0.2) is 11.4 Å². The number of hydrogen-bond donors (Lipinski definition) is 0. The molecule has 0 saturated heterocycles. The van der Waals surface area contributed by atoms with Gasteiger partial charge >= 0.3 is 0 Å². The summed E-state index contributed by atoms with van der Waals surface area (Å²) in [5.41, 5.74) is 1.37. The van der Waals surface area contributed by atoms with Crippen molar-refractivity contribution in [3.63, 3.8) is 0 Å². The Morgan fingerprint density at radius 1 is 0.676 bits per heavy atom. The molecule has 3 aromatic carbocycles. The largest absolute Gasteiger partial charge is 0.488 e. The van der Waals surface area contributed by atoms with Crippen LogP contribution >= 0.6 is 0 Å². The first-order chi connectivity index (χ1) is 16.0. The molecule has 5 rings (SSSR count). The second-order valence-corrected chi connectivity index (χ2v) is 11.9. The summed E-state index contributed by atoms with van der Waals surface area (Å²) in [5.74, 6) is 1.21. The first-order valence-corrected chi connectivity index (χ1v) is 12.5. The average molecular weight is 453 g/mol. The van der Waals surface area contributed by atoms with E-state index in [0.717, 1.165) is 29.7 Å². The van der Waals surface area contributed by atoms with Crippen molar-refractivity contribution in [3.8, 4) is 5.75 Å². The SMILES string of the molecule is CC(C)(C)Oc1ccc(C23CCC(C)(C(=O)C2(c2ccccc2)c2ccccc2)C3(C)C)cc1. The lowest BCUT2D eigenvalue weighted by Crippen LogP contribution is -2.54. The van der Waals surface area contributed by atoms with E-state index in [1.807, 2.05) is 12.1 Å². The highest BCUT2D eigenvalue weighted by atomic mass is 16.5. The maximum atomic E-state index is 14.8. The molecule has 2 aliphatic carbocycles. The molecule has 2 saturated carbocycles. The van der Waals surface area contributed by atoms with Crippen LogP contribution < -0.4 is 4.74 Å². The number of ether oxygens (including phenoxy) is 1. The zero-order chi connectivity index (χ0) is 24.4. The summed E-state index contributed by atoms with van der Waals surface area (Å²) in [6.07, 6.45) is 1.87. The lowest BCUT2D eigenvalue weighted by atomic mass is 9.49. The van der Waals surface area contributed by atoms with Gasteiger partial charge < -0.3 is 4.74 Å². The van der Waals surface area contributed by atoms with E-state index in [-0.39, 0.29) is 16.4 Å². The molecule has 0 heterocycles. The quantitative estimate of drug-likeness (QED) is 0.410. The molecule has 0 amide bonds. The van der Waals surface area contributed by atoms with Crippen LogP contribution in [0.15, 0.2) is 84.9 Å². The molecule has 0 radical (unpaired) electrons. The second-order valence-electron chi connectivity index (χ2n) is 11.9. The van der Waals surface area contributed by atoms with Crippen molar-refractivity contribution >= 4 is 5.78 Å². The highest BCUT2D eigenvalue weighted by Crippen LogP contribution is 2.78. The smallest absolute Gasteiger partial charge is 0.155 e. The van der Waals surface area contributed by atoms with E-state index >= 15 is 0 Å². The van der Waals surface area contributed by atoms with Gasteiger partial charge in [-0.2, -0.15) is 0 Å². The van der Waals surface area contributed by atoms with E-state index in [1.165, 1.54) is 5.56 Å². The van der Waals surface area contributed by atoms with Gasteiger partial charge in [-0.3, -0.25) is 4.79 Å². The fourth-order valence-corrected chi connectivity index (χ4v) is 7.38. The minimum atomic E-state index is -0.752. The third-order valence-corrected chi connectivity index (χ3v) is 9.11. The van der Waals surface area contributed by atoms with E-state index in [4.69, 9.17) is 4.74 Å². The summed E-state index contributed by atoms with van der Waals surface area (Å²) in [7, 11) is 0. The predicted molar refractivity (Wildman–Crippen MR) is 138 cm³/mol. The molecule has 2 fully saturated rings. The number of carbonyl (C=O) groups is 1. The zero-order valence-corrected chi connectivity index (χ0v) is 21.3. The van der Waals surface area contributed by atoms with Gasteiger partial charge in [0, 0.05) is 10.8 Å². The molecular weight excluding hydrogens is 416 g/mol. The molecule has 2 aliphatic rings. The zero-order valence-electron chi connectivity index (χ0n) is 21.3. The highest BCUT2D eigenvalue weighted by Gasteiger charge is 2.81. The Labute approximate surface area is 204 Å². The number of Topliss-reactive ketones (excluding diaryl/α,β-unsaturated/α-hetero) is 1. The number of ketones is 1. The number of fused-ring (bicyclic) bond motifs is 2. The van der Waals surface area contributed by atoms with Crippen LogP contribution in [0.2, 0.25) is 0 Å². The van der Waals surface area contributed by atoms with Crippen LogP contribution in [0, 0.1) is 10.8 Å². The highest BCUT2D eigenvalue weighted by molar-refractivity contribution is 6.05. The molecule has 2 unspecified atom stereocenters. The van der Waals surface area contributed by atoms with Gasteiger partial charge in [-0.15, -0.1) is 0 Å². The second kappa shape index (κ2) is 7.31. The van der Waals surface area contributed by atoms with Crippen molar-refractivity contribution in [2.75, 3.05) is 0 Å². The van der Waals surface area contributed by atoms with Crippen LogP contribution in [0.1, 0.15) is 71.1 Å². The number of rotatable bonds is 4. The van der Waals surface area contributed by atoms with E-state index in [1.54, 1.807) is 0 Å². The van der Waals surface area contributed by atoms with Gasteiger partial charge in [-0.1, -0.05) is 93.6 Å². The van der Waals surface area contributed by atoms with Crippen LogP contribution in [-0.2, 0) is 15.6 Å². The first-order valence-electron chi connectivity index (χ1n) is 12.5. The van der Waals surface area contributed by atoms with Gasteiger partial charge in [0.2, 0.25) is 0 Å². The maximum Gasteiger partial charge on any atom is 0.155 e. The van der Waals surface area contributed by atoms with Crippen molar-refractivity contribution in [2.24, 2.45) is 10.8 Å². The standard InChI is InChI=1S/C32H36O2/c1-28(2,3)34-26-19-17-23(18-20-26)31-22-21-30(6,29(31,4)5)27(33)32(31,24-13-9-7-10-14-24)25-15-11-8-12-16-25/h7-20H,21-22H2,1-6H3. The third kappa shape index (κ3) is 2.72. The summed E-state index contributed by atoms with van der Waals surface area (Å²) in [6.45, 7) is 13.1. The lowest BCUT2D eigenvalue weighted by Gasteiger charge is -2.51. The van der Waals surface area contributed by atoms with Crippen molar-refractivity contribution in [3.05, 3.63) is 102 Å². The maximum absolute atomic E-state index is 14.8. The van der Waals surface area contributed by atoms with Gasteiger partial charge in [-0.25, -0.2) is 0 Å². The van der Waals surface area contributed by atoms with E-state index < -0.39 is 10.8 Å². The van der Waals surface area contributed by atoms with Crippen LogP contribution in [0.4, 0.5) is 0 Å². The Bertz CT molecular complexity index is 1160. The van der Waals surface area contributed by atoms with E-state index in [0.29, 0.717) is 5.78 Å². The van der Waals surface area contributed by atoms with Crippen molar-refractivity contribution in [1.29, 1.82) is 0 Å². The first kappa shape index (κ1) is 22.9. The summed E-state index contributed by atoms with van der Waals surface area (Å²) < 4.78 is 6.14. The van der Waals surface area contributed by atoms with Crippen molar-refractivity contribution < 1.29 is 9.53 Å². The fraction of sp³-hybridized carbons (Fsp3) is 0.406. The number of carbonyl (C=O) groups excluding carboxylic acids is 1. The molecule has 176 valence electrons. The molecule has 0 N–H and O–H groups in total. The Morgan fingerprint density at radius 2 is 1.18 bits per heavy atom. The predicted octanol–water partition coefficient (Wildman–Crippen LogP) is 7.50. The molecule has 0 aromatic heterocycles. The average Bonchev–Trinajstić information content (AvgIpc) is 3.09. The fourth-order valence-electron chi connectivity index (χ4n) is 7.38. The third-order valence-electron chi connectivity index (χ3n) is 9.11. The monoisotopic (exact) mass is 452 g/mol. The Hall–Kier alpha value is -2.87. The van der Waals surface area contributed by atoms with Crippen LogP contribution in [0.5, 0.6) is 5.75 Å². The number of benzene rings is 3. The van der Waals surface area contributed by atoms with Gasteiger partial charge in [0.15, 0.2) is 5.78 Å². The molecule has 34 heavy (non-hydrogen) atoms. The Morgan fingerprint density at radius 3 is 1.65 bits per heavy atom. The lowest BCUT2D eigenvalue weighted by molar-refractivity contribution is -0.132. The minimum absolute atomic E-state index is 0.241. The minimum Gasteiger partial charge on any atom is -0.488 e. The van der Waals surface area contributed by atoms with E-state index in [2.05, 4.69) is 114 Å². The summed E-state index contributed by atoms with van der Waals surface area (Å²) >= 11 is 0. The van der Waals surface area contributed by atoms with Crippen molar-refractivity contribution in [1.82, 2.24) is 0 Å². The molecular formula is C32H36O2. The Kier molecular flexibility index (Phi) is 4.93. The molecule has 3 aromatic rings. The van der Waals surface area contributed by atoms with Gasteiger partial charge in [0.05, 0.1) is 5.41 Å². The molecule has 0 aliphatic heterocycles. The Balaban J connectivity index is 1.83. The summed E-state index contributed by atoms with van der Waals surface area (Å²) in [5, 5.41) is 0. The molecule has 2 nitrogen and oxygen atoms in total. The van der Waals surface area contributed by atoms with E-state index in [9.17, 15) is 4.79 Å². The van der Waals surface area contributed by atoms with Gasteiger partial charge in [0.1, 0.15) is 11.4 Å². The number of hydrogen-bond acceptors (Lipinski definition) is 2. The normalized spacial score (nSPS) is 27.1. The molecule has 2 bridgehead atoms. The molecule has 2 atom stereocenters. The van der Waals surface area contributed by atoms with Crippen molar-refractivity contribution in [2.45, 2.75) is 70.8 Å². The summed E-state index contributed by atoms with van der Waals surface area (Å²) in [6, 6.07) is 29.6. The molecule has 0 spiro atoms.